The molecule has 6 N–H and O–H groups in total. The number of nitrogens with zero attached hydrogens (tertiary/aromatic N) is 8. The Labute approximate surface area is 332 Å². The summed E-state index contributed by atoms with van der Waals surface area (Å²) in [6.45, 7) is 14.1. The molecule has 8 heterocycles. The van der Waals surface area contributed by atoms with E-state index in [-0.39, 0.29) is 49.1 Å². The molecule has 8 rings (SSSR count). The van der Waals surface area contributed by atoms with Gasteiger partial charge in [0.15, 0.2) is 34.8 Å². The van der Waals surface area contributed by atoms with Crippen molar-refractivity contribution in [1.82, 2.24) is 39.0 Å². The van der Waals surface area contributed by atoms with E-state index in [0.29, 0.717) is 35.5 Å². The second-order valence-electron chi connectivity index (χ2n) is 14.6. The Hall–Kier alpha value is -3.64. The molecular weight excluding hydrogens is 810 g/mol. The lowest BCUT2D eigenvalue weighted by molar-refractivity contribution is -0.0917. The van der Waals surface area contributed by atoms with Gasteiger partial charge in [-0.1, -0.05) is 0 Å². The predicted molar refractivity (Wildman–Crippen MR) is 200 cm³/mol. The number of phosphoric acid groups is 2. The zero-order chi connectivity index (χ0) is 41.9. The number of aromatic nitrogens is 8. The maximum absolute atomic E-state index is 12.7. The Morgan fingerprint density at radius 3 is 1.47 bits per heavy atom. The second kappa shape index (κ2) is 15.8. The number of nitrogens with two attached hydrogens (primary N) is 2. The van der Waals surface area contributed by atoms with E-state index in [1.165, 1.54) is 35.6 Å². The van der Waals surface area contributed by atoms with E-state index in [1.54, 1.807) is 27.7 Å². The molecule has 0 amide bonds. The van der Waals surface area contributed by atoms with Crippen molar-refractivity contribution < 1.29 is 65.4 Å². The van der Waals surface area contributed by atoms with Crippen LogP contribution in [-0.2, 0) is 45.7 Å². The minimum atomic E-state index is -3.83. The molecule has 58 heavy (non-hydrogen) atoms. The number of imidazole rings is 2. The molecule has 0 saturated carbocycles. The highest BCUT2D eigenvalue weighted by Crippen LogP contribution is 2.60. The number of fused-ring (bicyclic) bond motifs is 4. The van der Waals surface area contributed by atoms with Crippen molar-refractivity contribution in [3.63, 3.8) is 0 Å². The van der Waals surface area contributed by atoms with Crippen molar-refractivity contribution in [2.24, 2.45) is 0 Å². The molecular formula is C32H48N10O14P2. The molecule has 4 saturated heterocycles. The molecule has 24 nitrogen and oxygen atoms in total. The third-order valence-corrected chi connectivity index (χ3v) is 12.5. The fourth-order valence-electron chi connectivity index (χ4n) is 7.01. The lowest BCUT2D eigenvalue weighted by Crippen LogP contribution is -2.47. The summed E-state index contributed by atoms with van der Waals surface area (Å²) in [7, 11) is -7.65. The molecule has 4 aromatic heterocycles. The highest BCUT2D eigenvalue weighted by molar-refractivity contribution is 7.48. The standard InChI is InChI=1S/2C16H24N5O7P/c2*1-5-24-13-10-12(19-15(17)20-13)21(7-18-10)14-16(4,22)11-9(26-14)6-25-29(23,28-11)27-8(2)3/h2*7-9,11,14,22H,5-6H2,1-4H3,(H2,17,19,20)/t9-,11-,14-,16-,29+;9-,11-,14-,16-,29-/m11/s1. The number of anilines is 2. The topological polar surface area (TPSA) is 306 Å². The van der Waals surface area contributed by atoms with Gasteiger partial charge in [-0.25, -0.2) is 19.1 Å². The van der Waals surface area contributed by atoms with Crippen molar-refractivity contribution >= 4 is 49.9 Å². The van der Waals surface area contributed by atoms with Crippen LogP contribution < -0.4 is 20.9 Å². The van der Waals surface area contributed by atoms with Crippen LogP contribution in [0.15, 0.2) is 12.7 Å². The number of nitrogen functional groups attached to an aromatic ring is 2. The summed E-state index contributed by atoms with van der Waals surface area (Å²) >= 11 is 0. The predicted octanol–water partition coefficient (Wildman–Crippen LogP) is 2.81. The van der Waals surface area contributed by atoms with Gasteiger partial charge in [-0.3, -0.25) is 36.3 Å². The summed E-state index contributed by atoms with van der Waals surface area (Å²) in [5, 5.41) is 22.5. The highest BCUT2D eigenvalue weighted by Gasteiger charge is 2.62. The second-order valence-corrected chi connectivity index (χ2v) is 17.8. The smallest absolute Gasteiger partial charge is 0.475 e. The van der Waals surface area contributed by atoms with Gasteiger partial charge in [0.2, 0.25) is 23.7 Å². The maximum Gasteiger partial charge on any atom is 0.475 e. The first-order valence-electron chi connectivity index (χ1n) is 18.5. The van der Waals surface area contributed by atoms with Crippen LogP contribution in [0, 0.1) is 0 Å². The zero-order valence-corrected chi connectivity index (χ0v) is 34.8. The summed E-state index contributed by atoms with van der Waals surface area (Å²) < 4.78 is 83.8. The summed E-state index contributed by atoms with van der Waals surface area (Å²) in [4.78, 5) is 25.1. The maximum atomic E-state index is 12.7. The minimum absolute atomic E-state index is 0.00725. The number of hydrogen-bond acceptors (Lipinski definition) is 22. The van der Waals surface area contributed by atoms with Gasteiger partial charge in [0, 0.05) is 0 Å². The molecule has 0 bridgehead atoms. The van der Waals surface area contributed by atoms with Crippen LogP contribution in [0.25, 0.3) is 22.3 Å². The van der Waals surface area contributed by atoms with Gasteiger partial charge in [0.05, 0.1) is 51.3 Å². The summed E-state index contributed by atoms with van der Waals surface area (Å²) in [6.07, 6.45) is -3.02. The fourth-order valence-corrected chi connectivity index (χ4v) is 10.3. The molecule has 4 aromatic rings. The number of aliphatic hydroxyl groups is 2. The van der Waals surface area contributed by atoms with Crippen molar-refractivity contribution in [2.75, 3.05) is 37.9 Å². The highest BCUT2D eigenvalue weighted by atomic mass is 31.2. The van der Waals surface area contributed by atoms with E-state index in [1.807, 2.05) is 13.8 Å². The number of rotatable bonds is 10. The average Bonchev–Trinajstić information content (AvgIpc) is 3.86. The van der Waals surface area contributed by atoms with Crippen LogP contribution in [0.5, 0.6) is 11.8 Å². The summed E-state index contributed by atoms with van der Waals surface area (Å²) in [5.41, 5.74) is 9.82. The lowest BCUT2D eigenvalue weighted by atomic mass is 9.96. The van der Waals surface area contributed by atoms with Gasteiger partial charge < -0.3 is 40.6 Å². The molecule has 26 heteroatoms. The molecule has 4 aliphatic rings. The largest absolute Gasteiger partial charge is 0.476 e. The van der Waals surface area contributed by atoms with Gasteiger partial charge in [0.1, 0.15) is 35.6 Å². The third kappa shape index (κ3) is 7.88. The molecule has 0 radical (unpaired) electrons. The van der Waals surface area contributed by atoms with E-state index in [9.17, 15) is 19.3 Å². The Balaban J connectivity index is 0.000000177. The molecule has 0 unspecified atom stereocenters. The first-order chi connectivity index (χ1) is 27.3. The first-order valence-corrected chi connectivity index (χ1v) is 21.4. The quantitative estimate of drug-likeness (QED) is 0.167. The van der Waals surface area contributed by atoms with Crippen LogP contribution >= 0.6 is 15.6 Å². The lowest BCUT2D eigenvalue weighted by Gasteiger charge is -2.35. The summed E-state index contributed by atoms with van der Waals surface area (Å²) in [5.74, 6) is 0.454. The van der Waals surface area contributed by atoms with Gasteiger partial charge in [-0.05, 0) is 55.4 Å². The van der Waals surface area contributed by atoms with Gasteiger partial charge in [-0.2, -0.15) is 19.9 Å². The molecule has 4 aliphatic heterocycles. The van der Waals surface area contributed by atoms with Crippen LogP contribution in [0.4, 0.5) is 11.9 Å². The van der Waals surface area contributed by atoms with Crippen molar-refractivity contribution in [3.05, 3.63) is 12.7 Å². The summed E-state index contributed by atoms with van der Waals surface area (Å²) in [6, 6.07) is 0. The minimum Gasteiger partial charge on any atom is -0.476 e. The van der Waals surface area contributed by atoms with Gasteiger partial charge in [0.25, 0.3) is 0 Å². The normalized spacial score (nSPS) is 34.6. The van der Waals surface area contributed by atoms with Crippen LogP contribution in [0.3, 0.4) is 0 Å². The van der Waals surface area contributed by atoms with Crippen molar-refractivity contribution in [2.45, 2.75) is 116 Å². The van der Waals surface area contributed by atoms with Crippen LogP contribution in [0.1, 0.15) is 67.8 Å². The third-order valence-electron chi connectivity index (χ3n) is 9.27. The molecule has 0 spiro atoms. The molecule has 10 atom stereocenters. The SMILES string of the molecule is CCOc1nc(N)nc2c1ncn2[C@@H]1O[C@@H]2CO[P@@](=O)(OC(C)C)O[C@H]2[C@@]1(C)O.CCOc1nc(N)nc2c1ncn2[C@@H]1O[C@@H]2CO[P@](=O)(OC(C)C)O[C@H]2[C@@]1(C)O. The van der Waals surface area contributed by atoms with E-state index < -0.39 is 63.7 Å². The fraction of sp³-hybridized carbons (Fsp3) is 0.688. The molecule has 0 aromatic carbocycles. The Kier molecular flexibility index (Phi) is 11.5. The molecule has 0 aliphatic carbocycles. The Morgan fingerprint density at radius 1 is 0.741 bits per heavy atom. The number of hydrogen-bond donors (Lipinski definition) is 4. The van der Waals surface area contributed by atoms with E-state index in [0.717, 1.165) is 0 Å². The molecule has 4 fully saturated rings. The van der Waals surface area contributed by atoms with Gasteiger partial charge in [-0.15, -0.1) is 0 Å². The van der Waals surface area contributed by atoms with Crippen LogP contribution in [-0.4, -0.2) is 124 Å². The number of phosphoric ester groups is 2. The van der Waals surface area contributed by atoms with E-state index >= 15 is 0 Å². The van der Waals surface area contributed by atoms with Gasteiger partial charge >= 0.3 is 15.6 Å². The van der Waals surface area contributed by atoms with Crippen LogP contribution in [0.2, 0.25) is 0 Å². The zero-order valence-electron chi connectivity index (χ0n) is 33.0. The van der Waals surface area contributed by atoms with E-state index in [2.05, 4.69) is 29.9 Å². The van der Waals surface area contributed by atoms with Crippen molar-refractivity contribution in [3.8, 4) is 11.8 Å². The average molecular weight is 859 g/mol. The van der Waals surface area contributed by atoms with Crippen molar-refractivity contribution in [1.29, 1.82) is 0 Å². The number of ether oxygens (including phenoxy) is 4. The first kappa shape index (κ1) is 42.5. The Morgan fingerprint density at radius 2 is 1.12 bits per heavy atom. The van der Waals surface area contributed by atoms with E-state index in [4.69, 9.17) is 57.6 Å². The Bertz CT molecular complexity index is 2080. The molecule has 320 valence electrons. The monoisotopic (exact) mass is 858 g/mol.